The van der Waals surface area contributed by atoms with Gasteiger partial charge < -0.3 is 9.64 Å². The first-order valence-electron chi connectivity index (χ1n) is 5.89. The number of aromatic nitrogens is 1. The second-order valence-corrected chi connectivity index (χ2v) is 6.58. The van der Waals surface area contributed by atoms with Gasteiger partial charge in [0, 0.05) is 25.8 Å². The Morgan fingerprint density at radius 3 is 3.00 bits per heavy atom. The van der Waals surface area contributed by atoms with Gasteiger partial charge in [0.05, 0.1) is 12.7 Å². The van der Waals surface area contributed by atoms with Gasteiger partial charge in [0.15, 0.2) is 0 Å². The molecule has 1 saturated heterocycles. The first kappa shape index (κ1) is 14.7. The lowest BCUT2D eigenvalue weighted by Crippen LogP contribution is -2.45. The topological polar surface area (TPSA) is 71.5 Å². The molecule has 106 valence electrons. The average Bonchev–Trinajstić information content (AvgIpc) is 2.37. The molecule has 2 heterocycles. The zero-order chi connectivity index (χ0) is 13.9. The average molecular weight is 306 g/mol. The molecule has 0 aliphatic carbocycles. The Kier molecular flexibility index (Phi) is 4.75. The number of nitrogens with one attached hydrogen (secondary N) is 1. The van der Waals surface area contributed by atoms with E-state index < -0.39 is 10.0 Å². The third-order valence-electron chi connectivity index (χ3n) is 2.85. The van der Waals surface area contributed by atoms with Gasteiger partial charge in [0.25, 0.3) is 0 Å². The molecule has 0 radical (unpaired) electrons. The van der Waals surface area contributed by atoms with Crippen molar-refractivity contribution in [1.29, 1.82) is 0 Å². The van der Waals surface area contributed by atoms with Crippen LogP contribution in [0.2, 0.25) is 5.15 Å². The molecule has 8 heteroatoms. The van der Waals surface area contributed by atoms with Crippen LogP contribution in [0, 0.1) is 0 Å². The van der Waals surface area contributed by atoms with Crippen molar-refractivity contribution in [3.8, 4) is 0 Å². The summed E-state index contributed by atoms with van der Waals surface area (Å²) >= 11 is 5.62. The summed E-state index contributed by atoms with van der Waals surface area (Å²) in [5.74, 6) is 0. The SMILES string of the molecule is CN1CCOC(CNS(=O)(=O)c2ccc(Cl)nc2)C1. The number of hydrogen-bond donors (Lipinski definition) is 1. The number of ether oxygens (including phenoxy) is 1. The van der Waals surface area contributed by atoms with E-state index in [1.807, 2.05) is 7.05 Å². The zero-order valence-electron chi connectivity index (χ0n) is 10.5. The Bertz CT molecular complexity index is 520. The molecule has 2 rings (SSSR count). The van der Waals surface area contributed by atoms with Gasteiger partial charge in [0.2, 0.25) is 10.0 Å². The highest BCUT2D eigenvalue weighted by molar-refractivity contribution is 7.89. The van der Waals surface area contributed by atoms with Gasteiger partial charge >= 0.3 is 0 Å². The van der Waals surface area contributed by atoms with Crippen LogP contribution in [0.1, 0.15) is 0 Å². The monoisotopic (exact) mass is 305 g/mol. The number of halogens is 1. The van der Waals surface area contributed by atoms with Gasteiger partial charge in [-0.15, -0.1) is 0 Å². The number of hydrogen-bond acceptors (Lipinski definition) is 5. The van der Waals surface area contributed by atoms with Crippen molar-refractivity contribution in [2.75, 3.05) is 33.3 Å². The Labute approximate surface area is 117 Å². The highest BCUT2D eigenvalue weighted by atomic mass is 35.5. The smallest absolute Gasteiger partial charge is 0.242 e. The molecule has 19 heavy (non-hydrogen) atoms. The molecule has 1 aromatic heterocycles. The molecule has 1 aliphatic heterocycles. The lowest BCUT2D eigenvalue weighted by atomic mass is 10.3. The molecule has 0 bridgehead atoms. The summed E-state index contributed by atoms with van der Waals surface area (Å²) in [5, 5.41) is 0.260. The lowest BCUT2D eigenvalue weighted by molar-refractivity contribution is -0.0156. The van der Waals surface area contributed by atoms with Crippen molar-refractivity contribution in [2.24, 2.45) is 0 Å². The summed E-state index contributed by atoms with van der Waals surface area (Å²) in [5.41, 5.74) is 0. The molecule has 1 aliphatic rings. The molecule has 0 amide bonds. The van der Waals surface area contributed by atoms with Crippen LogP contribution in [-0.2, 0) is 14.8 Å². The Morgan fingerprint density at radius 2 is 2.37 bits per heavy atom. The lowest BCUT2D eigenvalue weighted by Gasteiger charge is -2.30. The molecule has 1 aromatic rings. The van der Waals surface area contributed by atoms with Crippen LogP contribution in [0.15, 0.2) is 23.2 Å². The second kappa shape index (κ2) is 6.15. The van der Waals surface area contributed by atoms with Crippen LogP contribution >= 0.6 is 11.6 Å². The van der Waals surface area contributed by atoms with E-state index in [1.165, 1.54) is 18.3 Å². The Hall–Kier alpha value is -0.730. The van der Waals surface area contributed by atoms with Crippen molar-refractivity contribution in [3.63, 3.8) is 0 Å². The van der Waals surface area contributed by atoms with Crippen molar-refractivity contribution < 1.29 is 13.2 Å². The summed E-state index contributed by atoms with van der Waals surface area (Å²) in [6, 6.07) is 2.87. The van der Waals surface area contributed by atoms with Crippen LogP contribution in [0.4, 0.5) is 0 Å². The van der Waals surface area contributed by atoms with Gasteiger partial charge in [0.1, 0.15) is 10.0 Å². The predicted octanol–water partition coefficient (Wildman–Crippen LogP) is 0.344. The number of rotatable bonds is 4. The van der Waals surface area contributed by atoms with Gasteiger partial charge in [-0.2, -0.15) is 0 Å². The third kappa shape index (κ3) is 4.12. The second-order valence-electron chi connectivity index (χ2n) is 4.42. The van der Waals surface area contributed by atoms with E-state index in [9.17, 15) is 8.42 Å². The van der Waals surface area contributed by atoms with E-state index >= 15 is 0 Å². The minimum absolute atomic E-state index is 0.0982. The highest BCUT2D eigenvalue weighted by Gasteiger charge is 2.21. The maximum Gasteiger partial charge on any atom is 0.242 e. The first-order chi connectivity index (χ1) is 8.97. The fraction of sp³-hybridized carbons (Fsp3) is 0.545. The van der Waals surface area contributed by atoms with E-state index in [0.29, 0.717) is 13.2 Å². The van der Waals surface area contributed by atoms with E-state index in [2.05, 4.69) is 14.6 Å². The predicted molar refractivity (Wildman–Crippen MR) is 71.7 cm³/mol. The van der Waals surface area contributed by atoms with Crippen molar-refractivity contribution in [2.45, 2.75) is 11.0 Å². The van der Waals surface area contributed by atoms with Gasteiger partial charge in [-0.25, -0.2) is 18.1 Å². The molecule has 1 N–H and O–H groups in total. The molecule has 1 fully saturated rings. The van der Waals surface area contributed by atoms with Crippen LogP contribution in [-0.4, -0.2) is 57.7 Å². The maximum absolute atomic E-state index is 12.0. The van der Waals surface area contributed by atoms with Crippen molar-refractivity contribution >= 4 is 21.6 Å². The molecule has 0 aromatic carbocycles. The Morgan fingerprint density at radius 1 is 1.58 bits per heavy atom. The maximum atomic E-state index is 12.0. The molecular weight excluding hydrogens is 290 g/mol. The molecule has 1 atom stereocenters. The molecule has 6 nitrogen and oxygen atoms in total. The van der Waals surface area contributed by atoms with Crippen LogP contribution in [0.25, 0.3) is 0 Å². The molecule has 0 saturated carbocycles. The zero-order valence-corrected chi connectivity index (χ0v) is 12.1. The number of sulfonamides is 1. The minimum atomic E-state index is -3.56. The van der Waals surface area contributed by atoms with Gasteiger partial charge in [-0.1, -0.05) is 11.6 Å². The normalized spacial score (nSPS) is 21.5. The highest BCUT2D eigenvalue weighted by Crippen LogP contribution is 2.11. The number of morpholine rings is 1. The number of nitrogens with zero attached hydrogens (tertiary/aromatic N) is 2. The van der Waals surface area contributed by atoms with Crippen LogP contribution in [0.5, 0.6) is 0 Å². The first-order valence-corrected chi connectivity index (χ1v) is 7.75. The third-order valence-corrected chi connectivity index (χ3v) is 4.49. The summed E-state index contributed by atoms with van der Waals surface area (Å²) in [4.78, 5) is 5.96. The van der Waals surface area contributed by atoms with Gasteiger partial charge in [-0.3, -0.25) is 0 Å². The summed E-state index contributed by atoms with van der Waals surface area (Å²) in [6.07, 6.45) is 1.10. The molecule has 1 unspecified atom stereocenters. The molecular formula is C11H16ClN3O3S. The summed E-state index contributed by atoms with van der Waals surface area (Å²) in [6.45, 7) is 2.44. The minimum Gasteiger partial charge on any atom is -0.374 e. The van der Waals surface area contributed by atoms with E-state index in [-0.39, 0.29) is 22.7 Å². The van der Waals surface area contributed by atoms with Crippen molar-refractivity contribution in [3.05, 3.63) is 23.5 Å². The summed E-state index contributed by atoms with van der Waals surface area (Å²) in [7, 11) is -1.58. The number of likely N-dealkylation sites (N-methyl/N-ethyl adjacent to an activating group) is 1. The number of pyridine rings is 1. The van der Waals surface area contributed by atoms with E-state index in [0.717, 1.165) is 6.54 Å². The fourth-order valence-electron chi connectivity index (χ4n) is 1.80. The van der Waals surface area contributed by atoms with Crippen LogP contribution in [0.3, 0.4) is 0 Å². The fourth-order valence-corrected chi connectivity index (χ4v) is 2.92. The Balaban J connectivity index is 1.96. The van der Waals surface area contributed by atoms with E-state index in [4.69, 9.17) is 16.3 Å². The van der Waals surface area contributed by atoms with Crippen molar-refractivity contribution in [1.82, 2.24) is 14.6 Å². The van der Waals surface area contributed by atoms with Gasteiger partial charge in [-0.05, 0) is 19.2 Å². The standard InChI is InChI=1S/C11H16ClN3O3S/c1-15-4-5-18-9(8-15)6-14-19(16,17)10-2-3-11(12)13-7-10/h2-3,7,9,14H,4-6,8H2,1H3. The van der Waals surface area contributed by atoms with Crippen LogP contribution < -0.4 is 4.72 Å². The quantitative estimate of drug-likeness (QED) is 0.813. The summed E-state index contributed by atoms with van der Waals surface area (Å²) < 4.78 is 32.0. The van der Waals surface area contributed by atoms with E-state index in [1.54, 1.807) is 0 Å². The molecule has 0 spiro atoms. The largest absolute Gasteiger partial charge is 0.374 e.